The summed E-state index contributed by atoms with van der Waals surface area (Å²) in [5.74, 6) is 0. The van der Waals surface area contributed by atoms with Crippen LogP contribution in [0.3, 0.4) is 0 Å². The van der Waals surface area contributed by atoms with Crippen molar-refractivity contribution >= 4 is 0 Å². The van der Waals surface area contributed by atoms with Crippen LogP contribution in [0.25, 0.3) is 0 Å². The highest BCUT2D eigenvalue weighted by Gasteiger charge is 2.42. The van der Waals surface area contributed by atoms with Crippen LogP contribution in [-0.4, -0.2) is 35.7 Å². The molecule has 14 heavy (non-hydrogen) atoms. The van der Waals surface area contributed by atoms with E-state index in [1.54, 1.807) is 0 Å². The Balaban J connectivity index is 2.46. The van der Waals surface area contributed by atoms with E-state index in [0.717, 1.165) is 19.4 Å². The monoisotopic (exact) mass is 199 g/mol. The molecule has 0 radical (unpaired) electrons. The van der Waals surface area contributed by atoms with E-state index < -0.39 is 0 Å². The molecule has 1 aliphatic carbocycles. The van der Waals surface area contributed by atoms with Gasteiger partial charge in [0.15, 0.2) is 0 Å². The first kappa shape index (κ1) is 12.0. The SMILES string of the molecule is CCCCN(C)C1CCC(C)(C)C1O. The Kier molecular flexibility index (Phi) is 3.96. The van der Waals surface area contributed by atoms with Gasteiger partial charge in [0, 0.05) is 6.04 Å². The maximum Gasteiger partial charge on any atom is 0.0746 e. The van der Waals surface area contributed by atoms with Crippen LogP contribution in [0.2, 0.25) is 0 Å². The van der Waals surface area contributed by atoms with E-state index in [0.29, 0.717) is 6.04 Å². The summed E-state index contributed by atoms with van der Waals surface area (Å²) < 4.78 is 0. The van der Waals surface area contributed by atoms with Crippen LogP contribution in [0.5, 0.6) is 0 Å². The van der Waals surface area contributed by atoms with Crippen molar-refractivity contribution in [3.63, 3.8) is 0 Å². The van der Waals surface area contributed by atoms with Crippen LogP contribution < -0.4 is 0 Å². The van der Waals surface area contributed by atoms with Gasteiger partial charge in [-0.3, -0.25) is 0 Å². The molecule has 1 rings (SSSR count). The Morgan fingerprint density at radius 3 is 2.50 bits per heavy atom. The van der Waals surface area contributed by atoms with Crippen LogP contribution in [-0.2, 0) is 0 Å². The maximum absolute atomic E-state index is 10.1. The van der Waals surface area contributed by atoms with Crippen LogP contribution in [0.4, 0.5) is 0 Å². The second-order valence-electron chi connectivity index (χ2n) is 5.37. The van der Waals surface area contributed by atoms with Crippen molar-refractivity contribution in [2.45, 2.75) is 58.6 Å². The molecule has 1 N–H and O–H groups in total. The predicted octanol–water partition coefficient (Wildman–Crippen LogP) is 2.27. The Bertz CT molecular complexity index is 179. The minimum Gasteiger partial charge on any atom is -0.391 e. The van der Waals surface area contributed by atoms with Gasteiger partial charge in [-0.15, -0.1) is 0 Å². The summed E-state index contributed by atoms with van der Waals surface area (Å²) in [5, 5.41) is 10.1. The molecule has 1 aliphatic rings. The first-order chi connectivity index (χ1) is 6.49. The maximum atomic E-state index is 10.1. The second kappa shape index (κ2) is 4.63. The third kappa shape index (κ3) is 2.48. The molecular formula is C12H25NO. The van der Waals surface area contributed by atoms with Crippen LogP contribution in [0, 0.1) is 5.41 Å². The summed E-state index contributed by atoms with van der Waals surface area (Å²) >= 11 is 0. The van der Waals surface area contributed by atoms with Gasteiger partial charge in [-0.1, -0.05) is 27.2 Å². The molecular weight excluding hydrogens is 174 g/mol. The van der Waals surface area contributed by atoms with Gasteiger partial charge in [-0.05, 0) is 38.3 Å². The largest absolute Gasteiger partial charge is 0.391 e. The third-order valence-electron chi connectivity index (χ3n) is 3.68. The Morgan fingerprint density at radius 2 is 2.07 bits per heavy atom. The lowest BCUT2D eigenvalue weighted by molar-refractivity contribution is 0.0229. The summed E-state index contributed by atoms with van der Waals surface area (Å²) in [6.07, 6.45) is 4.62. The van der Waals surface area contributed by atoms with Gasteiger partial charge in [0.05, 0.1) is 6.10 Å². The standard InChI is InChI=1S/C12H25NO/c1-5-6-9-13(4)10-7-8-12(2,3)11(10)14/h10-11,14H,5-9H2,1-4H3. The molecule has 0 aromatic rings. The zero-order valence-corrected chi connectivity index (χ0v) is 10.1. The smallest absolute Gasteiger partial charge is 0.0746 e. The molecule has 2 heteroatoms. The molecule has 0 aliphatic heterocycles. The lowest BCUT2D eigenvalue weighted by Crippen LogP contribution is -2.42. The molecule has 0 aromatic carbocycles. The van der Waals surface area contributed by atoms with Crippen molar-refractivity contribution in [3.8, 4) is 0 Å². The zero-order valence-electron chi connectivity index (χ0n) is 10.1. The summed E-state index contributed by atoms with van der Waals surface area (Å²) in [7, 11) is 2.14. The summed E-state index contributed by atoms with van der Waals surface area (Å²) in [5.41, 5.74) is 0.116. The molecule has 0 bridgehead atoms. The van der Waals surface area contributed by atoms with E-state index in [-0.39, 0.29) is 11.5 Å². The number of hydrogen-bond donors (Lipinski definition) is 1. The summed E-state index contributed by atoms with van der Waals surface area (Å²) in [6.45, 7) is 7.67. The number of aliphatic hydroxyl groups excluding tert-OH is 1. The van der Waals surface area contributed by atoms with Gasteiger partial charge in [0.2, 0.25) is 0 Å². The first-order valence-electron chi connectivity index (χ1n) is 5.87. The topological polar surface area (TPSA) is 23.5 Å². The molecule has 0 spiro atoms. The van der Waals surface area contributed by atoms with E-state index in [9.17, 15) is 5.11 Å². The van der Waals surface area contributed by atoms with E-state index in [4.69, 9.17) is 0 Å². The van der Waals surface area contributed by atoms with Crippen molar-refractivity contribution < 1.29 is 5.11 Å². The highest BCUT2D eigenvalue weighted by Crippen LogP contribution is 2.39. The normalized spacial score (nSPS) is 31.3. The fraction of sp³-hybridized carbons (Fsp3) is 1.00. The fourth-order valence-corrected chi connectivity index (χ4v) is 2.38. The zero-order chi connectivity index (χ0) is 10.8. The van der Waals surface area contributed by atoms with Crippen LogP contribution in [0.15, 0.2) is 0 Å². The highest BCUT2D eigenvalue weighted by molar-refractivity contribution is 4.95. The van der Waals surface area contributed by atoms with Gasteiger partial charge >= 0.3 is 0 Å². The van der Waals surface area contributed by atoms with Gasteiger partial charge in [-0.25, -0.2) is 0 Å². The molecule has 0 heterocycles. The molecule has 1 fully saturated rings. The molecule has 84 valence electrons. The highest BCUT2D eigenvalue weighted by atomic mass is 16.3. The van der Waals surface area contributed by atoms with Gasteiger partial charge in [0.1, 0.15) is 0 Å². The summed E-state index contributed by atoms with van der Waals surface area (Å²) in [4.78, 5) is 2.34. The van der Waals surface area contributed by atoms with Crippen molar-refractivity contribution in [3.05, 3.63) is 0 Å². The third-order valence-corrected chi connectivity index (χ3v) is 3.68. The lowest BCUT2D eigenvalue weighted by atomic mass is 9.88. The van der Waals surface area contributed by atoms with Crippen molar-refractivity contribution in [2.75, 3.05) is 13.6 Å². The van der Waals surface area contributed by atoms with Crippen LogP contribution in [0.1, 0.15) is 46.5 Å². The Hall–Kier alpha value is -0.0800. The average molecular weight is 199 g/mol. The number of aliphatic hydroxyl groups is 1. The number of hydrogen-bond acceptors (Lipinski definition) is 2. The summed E-state index contributed by atoms with van der Waals surface area (Å²) in [6, 6.07) is 0.386. The van der Waals surface area contributed by atoms with Gasteiger partial charge < -0.3 is 10.0 Å². The molecule has 2 unspecified atom stereocenters. The number of rotatable bonds is 4. The fourth-order valence-electron chi connectivity index (χ4n) is 2.38. The first-order valence-corrected chi connectivity index (χ1v) is 5.87. The molecule has 0 saturated heterocycles. The molecule has 2 atom stereocenters. The van der Waals surface area contributed by atoms with Gasteiger partial charge in [-0.2, -0.15) is 0 Å². The molecule has 0 amide bonds. The van der Waals surface area contributed by atoms with Crippen molar-refractivity contribution in [1.82, 2.24) is 4.90 Å². The number of nitrogens with zero attached hydrogens (tertiary/aromatic N) is 1. The van der Waals surface area contributed by atoms with Gasteiger partial charge in [0.25, 0.3) is 0 Å². The molecule has 1 saturated carbocycles. The predicted molar refractivity (Wildman–Crippen MR) is 60.3 cm³/mol. The quantitative estimate of drug-likeness (QED) is 0.751. The lowest BCUT2D eigenvalue weighted by Gasteiger charge is -2.31. The number of unbranched alkanes of at least 4 members (excludes halogenated alkanes) is 1. The minimum absolute atomic E-state index is 0.116. The Labute approximate surface area is 88.3 Å². The van der Waals surface area contributed by atoms with Crippen molar-refractivity contribution in [2.24, 2.45) is 5.41 Å². The molecule has 2 nitrogen and oxygen atoms in total. The minimum atomic E-state index is -0.149. The number of likely N-dealkylation sites (N-methyl/N-ethyl adjacent to an activating group) is 1. The van der Waals surface area contributed by atoms with Crippen LogP contribution >= 0.6 is 0 Å². The molecule has 0 aromatic heterocycles. The van der Waals surface area contributed by atoms with E-state index >= 15 is 0 Å². The van der Waals surface area contributed by atoms with E-state index in [1.807, 2.05) is 0 Å². The van der Waals surface area contributed by atoms with Crippen molar-refractivity contribution in [1.29, 1.82) is 0 Å². The average Bonchev–Trinajstić information content (AvgIpc) is 2.39. The van der Waals surface area contributed by atoms with E-state index in [1.165, 1.54) is 12.8 Å². The van der Waals surface area contributed by atoms with E-state index in [2.05, 4.69) is 32.7 Å². The second-order valence-corrected chi connectivity index (χ2v) is 5.37. The Morgan fingerprint density at radius 1 is 1.43 bits per heavy atom.